The number of benzene rings is 3. The fourth-order valence-electron chi connectivity index (χ4n) is 4.25. The van der Waals surface area contributed by atoms with Gasteiger partial charge in [0.1, 0.15) is 22.5 Å². The Balaban J connectivity index is 1.47. The van der Waals surface area contributed by atoms with Gasteiger partial charge in [-0.1, -0.05) is 42.8 Å². The Morgan fingerprint density at radius 3 is 2.54 bits per heavy atom. The number of carbonyl (C=O) groups is 1. The van der Waals surface area contributed by atoms with Gasteiger partial charge in [0.25, 0.3) is 15.9 Å². The van der Waals surface area contributed by atoms with Gasteiger partial charge >= 0.3 is 0 Å². The molecule has 0 aliphatic carbocycles. The maximum atomic E-state index is 13.1. The highest BCUT2D eigenvalue weighted by Crippen LogP contribution is 2.29. The highest BCUT2D eigenvalue weighted by atomic mass is 32.2. The largest absolute Gasteiger partial charge is 0.495 e. The molecule has 1 aliphatic rings. The number of carbonyl (C=O) groups excluding carboxylic acids is 1. The highest BCUT2D eigenvalue weighted by Gasteiger charge is 2.35. The zero-order chi connectivity index (χ0) is 25.2. The van der Waals surface area contributed by atoms with Crippen molar-refractivity contribution in [3.63, 3.8) is 0 Å². The van der Waals surface area contributed by atoms with E-state index in [1.807, 2.05) is 36.9 Å². The number of hydrogen-bond donors (Lipinski definition) is 1. The van der Waals surface area contributed by atoms with Crippen LogP contribution in [0.5, 0.6) is 11.5 Å². The number of aryl methyl sites for hydroxylation is 2. The van der Waals surface area contributed by atoms with E-state index in [1.165, 1.54) is 13.2 Å². The van der Waals surface area contributed by atoms with Crippen molar-refractivity contribution in [3.05, 3.63) is 83.4 Å². The number of methoxy groups -OCH3 is 1. The van der Waals surface area contributed by atoms with Crippen LogP contribution in [0, 0.1) is 19.8 Å². The van der Waals surface area contributed by atoms with Crippen LogP contribution in [-0.2, 0) is 10.0 Å². The lowest BCUT2D eigenvalue weighted by Crippen LogP contribution is -2.31. The van der Waals surface area contributed by atoms with Crippen molar-refractivity contribution in [2.75, 3.05) is 24.9 Å². The number of ether oxygens (including phenoxy) is 2. The lowest BCUT2D eigenvalue weighted by atomic mass is 10.0. The molecular weight excluding hydrogens is 464 g/mol. The van der Waals surface area contributed by atoms with Gasteiger partial charge in [0.2, 0.25) is 0 Å². The highest BCUT2D eigenvalue weighted by molar-refractivity contribution is 7.92. The predicted octanol–water partition coefficient (Wildman–Crippen LogP) is 4.65. The molecular formula is C27H30N2O5S. The maximum Gasteiger partial charge on any atom is 0.265 e. The third-order valence-electron chi connectivity index (χ3n) is 6.19. The van der Waals surface area contributed by atoms with Crippen molar-refractivity contribution in [1.29, 1.82) is 0 Å². The minimum Gasteiger partial charge on any atom is -0.495 e. The monoisotopic (exact) mass is 494 g/mol. The van der Waals surface area contributed by atoms with Gasteiger partial charge in [0, 0.05) is 24.1 Å². The fraction of sp³-hybridized carbons (Fsp3) is 0.296. The number of likely N-dealkylation sites (tertiary alicyclic amines) is 1. The number of amides is 1. The SMILES string of the molecule is COc1ccccc1S(=O)(=O)Nc1cccc(OC2CN(C(=O)c3cc(C)ccc3C)CC2C)c1. The Labute approximate surface area is 206 Å². The fourth-order valence-corrected chi connectivity index (χ4v) is 5.47. The van der Waals surface area contributed by atoms with Crippen LogP contribution in [0.1, 0.15) is 28.4 Å². The van der Waals surface area contributed by atoms with Gasteiger partial charge in [-0.05, 0) is 49.7 Å². The smallest absolute Gasteiger partial charge is 0.265 e. The van der Waals surface area contributed by atoms with Gasteiger partial charge in [-0.2, -0.15) is 0 Å². The second kappa shape index (κ2) is 10.00. The number of anilines is 1. The first-order valence-electron chi connectivity index (χ1n) is 11.5. The van der Waals surface area contributed by atoms with Crippen LogP contribution in [0.4, 0.5) is 5.69 Å². The number of para-hydroxylation sites is 1. The lowest BCUT2D eigenvalue weighted by Gasteiger charge is -2.19. The van der Waals surface area contributed by atoms with Crippen molar-refractivity contribution in [2.24, 2.45) is 5.92 Å². The Bertz CT molecular complexity index is 1340. The normalized spacial score (nSPS) is 17.8. The molecule has 4 rings (SSSR count). The van der Waals surface area contributed by atoms with E-state index in [4.69, 9.17) is 9.47 Å². The van der Waals surface area contributed by atoms with E-state index in [2.05, 4.69) is 11.6 Å². The summed E-state index contributed by atoms with van der Waals surface area (Å²) in [6.45, 7) is 7.03. The molecule has 2 unspecified atom stereocenters. The Hall–Kier alpha value is -3.52. The van der Waals surface area contributed by atoms with Crippen LogP contribution in [0.2, 0.25) is 0 Å². The van der Waals surface area contributed by atoms with Crippen LogP contribution < -0.4 is 14.2 Å². The van der Waals surface area contributed by atoms with Crippen molar-refractivity contribution in [3.8, 4) is 11.5 Å². The summed E-state index contributed by atoms with van der Waals surface area (Å²) < 4.78 is 39.8. The zero-order valence-electron chi connectivity index (χ0n) is 20.3. The molecule has 1 aliphatic heterocycles. The summed E-state index contributed by atoms with van der Waals surface area (Å²) >= 11 is 0. The van der Waals surface area contributed by atoms with E-state index in [0.717, 1.165) is 11.1 Å². The molecule has 7 nitrogen and oxygen atoms in total. The average Bonchev–Trinajstić information content (AvgIpc) is 3.20. The van der Waals surface area contributed by atoms with Gasteiger partial charge in [-0.15, -0.1) is 0 Å². The Morgan fingerprint density at radius 1 is 1.00 bits per heavy atom. The van der Waals surface area contributed by atoms with E-state index in [1.54, 1.807) is 42.5 Å². The van der Waals surface area contributed by atoms with Crippen LogP contribution in [0.25, 0.3) is 0 Å². The van der Waals surface area contributed by atoms with E-state index >= 15 is 0 Å². The van der Waals surface area contributed by atoms with Gasteiger partial charge < -0.3 is 14.4 Å². The van der Waals surface area contributed by atoms with Crippen molar-refractivity contribution >= 4 is 21.6 Å². The molecule has 0 aromatic heterocycles. The van der Waals surface area contributed by atoms with Gasteiger partial charge in [-0.25, -0.2) is 8.42 Å². The molecule has 35 heavy (non-hydrogen) atoms. The van der Waals surface area contributed by atoms with Gasteiger partial charge in [0.15, 0.2) is 0 Å². The van der Waals surface area contributed by atoms with Crippen LogP contribution >= 0.6 is 0 Å². The summed E-state index contributed by atoms with van der Waals surface area (Å²) in [5.41, 5.74) is 3.09. The third kappa shape index (κ3) is 5.43. The second-order valence-electron chi connectivity index (χ2n) is 8.95. The lowest BCUT2D eigenvalue weighted by molar-refractivity contribution is 0.0771. The third-order valence-corrected chi connectivity index (χ3v) is 7.61. The first-order chi connectivity index (χ1) is 16.7. The number of sulfonamides is 1. The number of hydrogen-bond acceptors (Lipinski definition) is 5. The maximum absolute atomic E-state index is 13.1. The summed E-state index contributed by atoms with van der Waals surface area (Å²) in [4.78, 5) is 15.0. The molecule has 1 heterocycles. The van der Waals surface area contributed by atoms with Crippen LogP contribution in [-0.4, -0.2) is 45.5 Å². The molecule has 2 atom stereocenters. The van der Waals surface area contributed by atoms with Crippen molar-refractivity contribution in [1.82, 2.24) is 4.90 Å². The molecule has 0 bridgehead atoms. The number of nitrogens with one attached hydrogen (secondary N) is 1. The first kappa shape index (κ1) is 24.6. The summed E-state index contributed by atoms with van der Waals surface area (Å²) in [6.07, 6.45) is -0.204. The van der Waals surface area contributed by atoms with E-state index in [9.17, 15) is 13.2 Å². The predicted molar refractivity (Wildman–Crippen MR) is 136 cm³/mol. The topological polar surface area (TPSA) is 84.9 Å². The van der Waals surface area contributed by atoms with Crippen molar-refractivity contribution < 1.29 is 22.7 Å². The van der Waals surface area contributed by atoms with E-state index in [-0.39, 0.29) is 28.6 Å². The molecule has 1 fully saturated rings. The molecule has 1 amide bonds. The molecule has 1 N–H and O–H groups in total. The standard InChI is InChI=1S/C27H30N2O5S/c1-18-12-13-19(2)23(14-18)27(30)29-16-20(3)25(17-29)34-22-9-7-8-21(15-22)28-35(31,32)26-11-6-5-10-24(26)33-4/h5-15,20,25,28H,16-17H2,1-4H3. The minimum atomic E-state index is -3.85. The Morgan fingerprint density at radius 2 is 1.77 bits per heavy atom. The van der Waals surface area contributed by atoms with Gasteiger partial charge in [-0.3, -0.25) is 9.52 Å². The summed E-state index contributed by atoms with van der Waals surface area (Å²) in [7, 11) is -2.42. The van der Waals surface area contributed by atoms with E-state index in [0.29, 0.717) is 30.1 Å². The Kier molecular flexibility index (Phi) is 7.03. The first-order valence-corrected chi connectivity index (χ1v) is 13.0. The molecule has 0 saturated carbocycles. The summed E-state index contributed by atoms with van der Waals surface area (Å²) in [5.74, 6) is 0.921. The molecule has 3 aromatic rings. The molecule has 3 aromatic carbocycles. The van der Waals surface area contributed by atoms with E-state index < -0.39 is 10.0 Å². The molecule has 0 spiro atoms. The minimum absolute atomic E-state index is 0.00229. The molecule has 184 valence electrons. The summed E-state index contributed by atoms with van der Waals surface area (Å²) in [6, 6.07) is 19.2. The molecule has 1 saturated heterocycles. The summed E-state index contributed by atoms with van der Waals surface area (Å²) in [5, 5.41) is 0. The quantitative estimate of drug-likeness (QED) is 0.517. The van der Waals surface area contributed by atoms with Gasteiger partial charge in [0.05, 0.1) is 19.3 Å². The van der Waals surface area contributed by atoms with Crippen LogP contribution in [0.3, 0.4) is 0 Å². The van der Waals surface area contributed by atoms with Crippen molar-refractivity contribution in [2.45, 2.75) is 31.8 Å². The number of rotatable bonds is 7. The second-order valence-corrected chi connectivity index (χ2v) is 10.6. The number of nitrogens with zero attached hydrogens (tertiary/aromatic N) is 1. The average molecular weight is 495 g/mol. The zero-order valence-corrected chi connectivity index (χ0v) is 21.1. The van der Waals surface area contributed by atoms with Crippen LogP contribution in [0.15, 0.2) is 71.6 Å². The molecule has 0 radical (unpaired) electrons. The molecule has 8 heteroatoms.